The van der Waals surface area contributed by atoms with Crippen LogP contribution in [0.15, 0.2) is 53.5 Å². The van der Waals surface area contributed by atoms with E-state index in [4.69, 9.17) is 4.99 Å². The number of hydrogen-bond acceptors (Lipinski definition) is 3. The molecule has 0 spiro atoms. The fourth-order valence-electron chi connectivity index (χ4n) is 3.88. The number of guanidine groups is 1. The molecule has 1 heterocycles. The molecule has 2 aromatic rings. The standard InChI is InChI=1S/C25H35N5O/c1-4-27-25(28-14-13-20-9-7-11-22(17-20)24(31)26-3)29-19(2)21-10-8-12-23(18-21)30-15-5-6-16-30/h7-12,17-19H,4-6,13-16H2,1-3H3,(H,26,31)(H2,27,28,29). The molecular weight excluding hydrogens is 386 g/mol. The van der Waals surface area contributed by atoms with Gasteiger partial charge in [0.05, 0.1) is 6.04 Å². The maximum atomic E-state index is 11.8. The van der Waals surface area contributed by atoms with E-state index < -0.39 is 0 Å². The molecule has 1 unspecified atom stereocenters. The Balaban J connectivity index is 1.62. The van der Waals surface area contributed by atoms with Crippen molar-refractivity contribution in [3.63, 3.8) is 0 Å². The summed E-state index contributed by atoms with van der Waals surface area (Å²) in [6.45, 7) is 7.99. The lowest BCUT2D eigenvalue weighted by molar-refractivity contribution is 0.0963. The minimum atomic E-state index is -0.0645. The first-order chi connectivity index (χ1) is 15.1. The van der Waals surface area contributed by atoms with Crippen molar-refractivity contribution in [2.75, 3.05) is 38.1 Å². The zero-order valence-electron chi connectivity index (χ0n) is 18.9. The number of carbonyl (C=O) groups is 1. The van der Waals surface area contributed by atoms with Gasteiger partial charge in [-0.15, -0.1) is 0 Å². The Morgan fingerprint density at radius 1 is 1.13 bits per heavy atom. The second-order valence-corrected chi connectivity index (χ2v) is 7.95. The SMILES string of the molecule is CCNC(=NCCc1cccc(C(=O)NC)c1)NC(C)c1cccc(N2CCCC2)c1. The lowest BCUT2D eigenvalue weighted by Gasteiger charge is -2.22. The number of aliphatic imine (C=N–C) groups is 1. The monoisotopic (exact) mass is 421 g/mol. The molecule has 31 heavy (non-hydrogen) atoms. The number of nitrogens with one attached hydrogen (secondary N) is 3. The summed E-state index contributed by atoms with van der Waals surface area (Å²) in [7, 11) is 1.65. The normalized spacial score (nSPS) is 14.9. The first kappa shape index (κ1) is 22.7. The van der Waals surface area contributed by atoms with Gasteiger partial charge in [0.15, 0.2) is 5.96 Å². The highest BCUT2D eigenvalue weighted by molar-refractivity contribution is 5.94. The Morgan fingerprint density at radius 2 is 1.90 bits per heavy atom. The molecule has 1 aliphatic rings. The van der Waals surface area contributed by atoms with Gasteiger partial charge in [-0.1, -0.05) is 24.3 Å². The lowest BCUT2D eigenvalue weighted by Crippen LogP contribution is -2.39. The molecule has 0 radical (unpaired) electrons. The van der Waals surface area contributed by atoms with E-state index in [1.54, 1.807) is 7.05 Å². The van der Waals surface area contributed by atoms with Crippen molar-refractivity contribution in [1.82, 2.24) is 16.0 Å². The van der Waals surface area contributed by atoms with Gasteiger partial charge in [-0.05, 0) is 68.5 Å². The number of rotatable bonds is 8. The topological polar surface area (TPSA) is 68.8 Å². The highest BCUT2D eigenvalue weighted by atomic mass is 16.1. The third-order valence-electron chi connectivity index (χ3n) is 5.63. The number of hydrogen-bond donors (Lipinski definition) is 3. The van der Waals surface area contributed by atoms with Crippen LogP contribution in [0.2, 0.25) is 0 Å². The summed E-state index contributed by atoms with van der Waals surface area (Å²) in [5.41, 5.74) is 4.35. The molecule has 3 rings (SSSR count). The van der Waals surface area contributed by atoms with Gasteiger partial charge in [0.2, 0.25) is 0 Å². The van der Waals surface area contributed by atoms with Crippen LogP contribution in [0.1, 0.15) is 54.2 Å². The predicted octanol–water partition coefficient (Wildman–Crippen LogP) is 3.51. The number of nitrogens with zero attached hydrogens (tertiary/aromatic N) is 2. The molecule has 2 aromatic carbocycles. The summed E-state index contributed by atoms with van der Waals surface area (Å²) in [5.74, 6) is 0.745. The minimum Gasteiger partial charge on any atom is -0.372 e. The van der Waals surface area contributed by atoms with Crippen molar-refractivity contribution in [3.8, 4) is 0 Å². The van der Waals surface area contributed by atoms with Crippen LogP contribution in [0, 0.1) is 0 Å². The van der Waals surface area contributed by atoms with Crippen LogP contribution in [-0.2, 0) is 6.42 Å². The van der Waals surface area contributed by atoms with Gasteiger partial charge in [0.25, 0.3) is 5.91 Å². The molecule has 1 amide bonds. The molecule has 6 heteroatoms. The van der Waals surface area contributed by atoms with Crippen LogP contribution in [0.25, 0.3) is 0 Å². The summed E-state index contributed by atoms with van der Waals surface area (Å²) in [6.07, 6.45) is 3.34. The zero-order valence-corrected chi connectivity index (χ0v) is 18.9. The van der Waals surface area contributed by atoms with Crippen molar-refractivity contribution >= 4 is 17.6 Å². The first-order valence-corrected chi connectivity index (χ1v) is 11.3. The zero-order chi connectivity index (χ0) is 22.1. The molecule has 1 atom stereocenters. The van der Waals surface area contributed by atoms with E-state index >= 15 is 0 Å². The van der Waals surface area contributed by atoms with E-state index in [2.05, 4.69) is 59.0 Å². The lowest BCUT2D eigenvalue weighted by atomic mass is 10.1. The molecule has 6 nitrogen and oxygen atoms in total. The van der Waals surface area contributed by atoms with Crippen LogP contribution in [0.4, 0.5) is 5.69 Å². The van der Waals surface area contributed by atoms with Gasteiger partial charge in [0.1, 0.15) is 0 Å². The van der Waals surface area contributed by atoms with Crippen molar-refractivity contribution in [1.29, 1.82) is 0 Å². The smallest absolute Gasteiger partial charge is 0.251 e. The molecule has 1 fully saturated rings. The third kappa shape index (κ3) is 6.48. The number of carbonyl (C=O) groups excluding carboxylic acids is 1. The van der Waals surface area contributed by atoms with Gasteiger partial charge < -0.3 is 20.9 Å². The summed E-state index contributed by atoms with van der Waals surface area (Å²) in [6, 6.07) is 16.7. The minimum absolute atomic E-state index is 0.0645. The molecule has 0 bridgehead atoms. The average molecular weight is 422 g/mol. The molecule has 166 valence electrons. The third-order valence-corrected chi connectivity index (χ3v) is 5.63. The Labute approximate surface area is 186 Å². The fraction of sp³-hybridized carbons (Fsp3) is 0.440. The Kier molecular flexibility index (Phi) is 8.33. The van der Waals surface area contributed by atoms with Crippen molar-refractivity contribution in [2.45, 2.75) is 39.2 Å². The Bertz CT molecular complexity index is 889. The van der Waals surface area contributed by atoms with E-state index in [0.29, 0.717) is 12.1 Å². The highest BCUT2D eigenvalue weighted by Gasteiger charge is 2.14. The highest BCUT2D eigenvalue weighted by Crippen LogP contribution is 2.23. The second-order valence-electron chi connectivity index (χ2n) is 7.95. The van der Waals surface area contributed by atoms with Crippen molar-refractivity contribution in [2.24, 2.45) is 4.99 Å². The van der Waals surface area contributed by atoms with Gasteiger partial charge in [-0.3, -0.25) is 9.79 Å². The fourth-order valence-corrected chi connectivity index (χ4v) is 3.88. The first-order valence-electron chi connectivity index (χ1n) is 11.3. The molecular formula is C25H35N5O. The van der Waals surface area contributed by atoms with E-state index in [1.165, 1.54) is 24.1 Å². The van der Waals surface area contributed by atoms with Crippen LogP contribution >= 0.6 is 0 Å². The molecule has 0 aliphatic carbocycles. The maximum Gasteiger partial charge on any atom is 0.251 e. The average Bonchev–Trinajstić information content (AvgIpc) is 3.34. The summed E-state index contributed by atoms with van der Waals surface area (Å²) in [4.78, 5) is 19.0. The van der Waals surface area contributed by atoms with Gasteiger partial charge in [-0.2, -0.15) is 0 Å². The summed E-state index contributed by atoms with van der Waals surface area (Å²) in [5, 5.41) is 9.54. The quantitative estimate of drug-likeness (QED) is 0.451. The largest absolute Gasteiger partial charge is 0.372 e. The van der Waals surface area contributed by atoms with E-state index in [9.17, 15) is 4.79 Å². The Hall–Kier alpha value is -3.02. The number of anilines is 1. The number of benzene rings is 2. The van der Waals surface area contributed by atoms with Crippen molar-refractivity contribution in [3.05, 3.63) is 65.2 Å². The Morgan fingerprint density at radius 3 is 2.65 bits per heavy atom. The predicted molar refractivity (Wildman–Crippen MR) is 129 cm³/mol. The summed E-state index contributed by atoms with van der Waals surface area (Å²) >= 11 is 0. The van der Waals surface area contributed by atoms with Gasteiger partial charge >= 0.3 is 0 Å². The second kappa shape index (κ2) is 11.4. The van der Waals surface area contributed by atoms with Crippen LogP contribution < -0.4 is 20.9 Å². The van der Waals surface area contributed by atoms with Crippen LogP contribution in [0.5, 0.6) is 0 Å². The van der Waals surface area contributed by atoms with Crippen LogP contribution in [-0.4, -0.2) is 45.1 Å². The van der Waals surface area contributed by atoms with Gasteiger partial charge in [0, 0.05) is 44.5 Å². The molecule has 0 aromatic heterocycles. The molecule has 0 saturated carbocycles. The van der Waals surface area contributed by atoms with E-state index in [-0.39, 0.29) is 11.9 Å². The van der Waals surface area contributed by atoms with Gasteiger partial charge in [-0.25, -0.2) is 0 Å². The van der Waals surface area contributed by atoms with E-state index in [0.717, 1.165) is 37.6 Å². The maximum absolute atomic E-state index is 11.8. The molecule has 1 saturated heterocycles. The van der Waals surface area contributed by atoms with E-state index in [1.807, 2.05) is 24.3 Å². The number of amides is 1. The van der Waals surface area contributed by atoms with Crippen LogP contribution in [0.3, 0.4) is 0 Å². The molecule has 1 aliphatic heterocycles. The molecule has 3 N–H and O–H groups in total. The summed E-state index contributed by atoms with van der Waals surface area (Å²) < 4.78 is 0. The van der Waals surface area contributed by atoms with Crippen molar-refractivity contribution < 1.29 is 4.79 Å².